The van der Waals surface area contributed by atoms with Gasteiger partial charge in [0.15, 0.2) is 0 Å². The molecule has 0 spiro atoms. The fraction of sp³-hybridized carbons (Fsp3) is 0.400. The largest absolute Gasteiger partial charge is 0.374 e. The highest BCUT2D eigenvalue weighted by atomic mass is 35.5. The van der Waals surface area contributed by atoms with Gasteiger partial charge in [-0.05, 0) is 43.9 Å². The first-order valence-corrected chi connectivity index (χ1v) is 9.04. The summed E-state index contributed by atoms with van der Waals surface area (Å²) < 4.78 is 4.46. The standard InChI is InChI=1S/C20H25N5.ClH/c1-16-22-8-12-24(16)10-4-11-25-15-21-14-20(25)18-6-7-19-17(13-18)5-3-9-23(19)2;/h6-8,12-15H,3-5,9-11H2,1-2H3;1H. The van der Waals surface area contributed by atoms with Crippen molar-refractivity contribution in [2.75, 3.05) is 18.5 Å². The minimum absolute atomic E-state index is 0. The van der Waals surface area contributed by atoms with Gasteiger partial charge in [-0.1, -0.05) is 6.07 Å². The van der Waals surface area contributed by atoms with E-state index in [0.29, 0.717) is 0 Å². The minimum Gasteiger partial charge on any atom is -0.374 e. The molecule has 1 aromatic carbocycles. The Hall–Kier alpha value is -2.27. The summed E-state index contributed by atoms with van der Waals surface area (Å²) in [5.41, 5.74) is 5.30. The van der Waals surface area contributed by atoms with E-state index in [1.165, 1.54) is 35.3 Å². The van der Waals surface area contributed by atoms with Crippen LogP contribution in [0.5, 0.6) is 0 Å². The number of anilines is 1. The molecule has 1 aliphatic heterocycles. The molecular formula is C20H26ClN5. The maximum atomic E-state index is 4.39. The monoisotopic (exact) mass is 371 g/mol. The average molecular weight is 372 g/mol. The average Bonchev–Trinajstić information content (AvgIpc) is 3.24. The van der Waals surface area contributed by atoms with Gasteiger partial charge in [0, 0.05) is 50.3 Å². The number of rotatable bonds is 5. The number of benzene rings is 1. The van der Waals surface area contributed by atoms with Crippen molar-refractivity contribution in [3.05, 3.63) is 54.5 Å². The van der Waals surface area contributed by atoms with Crippen LogP contribution >= 0.6 is 12.4 Å². The van der Waals surface area contributed by atoms with Crippen molar-refractivity contribution in [3.8, 4) is 11.3 Å². The van der Waals surface area contributed by atoms with Gasteiger partial charge in [0.2, 0.25) is 0 Å². The van der Waals surface area contributed by atoms with Crippen LogP contribution < -0.4 is 4.90 Å². The summed E-state index contributed by atoms with van der Waals surface area (Å²) in [6, 6.07) is 6.84. The number of nitrogens with zero attached hydrogens (tertiary/aromatic N) is 5. The number of hydrogen-bond acceptors (Lipinski definition) is 3. The van der Waals surface area contributed by atoms with Crippen LogP contribution in [0.4, 0.5) is 5.69 Å². The zero-order chi connectivity index (χ0) is 17.2. The molecule has 0 aliphatic carbocycles. The summed E-state index contributed by atoms with van der Waals surface area (Å²) in [7, 11) is 2.18. The van der Waals surface area contributed by atoms with E-state index in [2.05, 4.69) is 49.2 Å². The van der Waals surface area contributed by atoms with Crippen LogP contribution in [0.2, 0.25) is 0 Å². The van der Waals surface area contributed by atoms with E-state index in [0.717, 1.165) is 31.9 Å². The lowest BCUT2D eigenvalue weighted by Crippen LogP contribution is -2.24. The van der Waals surface area contributed by atoms with Gasteiger partial charge >= 0.3 is 0 Å². The second-order valence-corrected chi connectivity index (χ2v) is 6.86. The molecule has 138 valence electrons. The molecule has 0 saturated carbocycles. The van der Waals surface area contributed by atoms with Gasteiger partial charge in [-0.25, -0.2) is 9.97 Å². The molecule has 1 aliphatic rings. The molecular weight excluding hydrogens is 346 g/mol. The summed E-state index contributed by atoms with van der Waals surface area (Å²) in [5.74, 6) is 1.07. The van der Waals surface area contributed by atoms with Crippen molar-refractivity contribution < 1.29 is 0 Å². The van der Waals surface area contributed by atoms with Crippen molar-refractivity contribution >= 4 is 18.1 Å². The Kier molecular flexibility index (Phi) is 5.67. The zero-order valence-corrected chi connectivity index (χ0v) is 16.2. The van der Waals surface area contributed by atoms with Gasteiger partial charge in [-0.2, -0.15) is 0 Å². The predicted octanol–water partition coefficient (Wildman–Crippen LogP) is 3.95. The first-order valence-electron chi connectivity index (χ1n) is 9.04. The number of hydrogen-bond donors (Lipinski definition) is 0. The Bertz CT molecular complexity index is 867. The maximum Gasteiger partial charge on any atom is 0.105 e. The Morgan fingerprint density at radius 1 is 1.15 bits per heavy atom. The van der Waals surface area contributed by atoms with Gasteiger partial charge < -0.3 is 14.0 Å². The number of aryl methyl sites for hydroxylation is 4. The van der Waals surface area contributed by atoms with E-state index in [9.17, 15) is 0 Å². The van der Waals surface area contributed by atoms with Crippen molar-refractivity contribution in [2.24, 2.45) is 0 Å². The number of halogens is 1. The summed E-state index contributed by atoms with van der Waals surface area (Å²) in [6.45, 7) is 5.15. The molecule has 0 amide bonds. The molecule has 0 unspecified atom stereocenters. The lowest BCUT2D eigenvalue weighted by atomic mass is 9.98. The topological polar surface area (TPSA) is 38.9 Å². The summed E-state index contributed by atoms with van der Waals surface area (Å²) >= 11 is 0. The zero-order valence-electron chi connectivity index (χ0n) is 15.4. The van der Waals surface area contributed by atoms with Gasteiger partial charge in [0.05, 0.1) is 18.2 Å². The molecule has 26 heavy (non-hydrogen) atoms. The van der Waals surface area contributed by atoms with Crippen LogP contribution in [0.15, 0.2) is 43.1 Å². The molecule has 0 saturated heterocycles. The van der Waals surface area contributed by atoms with E-state index in [4.69, 9.17) is 0 Å². The Labute approximate surface area is 161 Å². The van der Waals surface area contributed by atoms with Crippen molar-refractivity contribution in [3.63, 3.8) is 0 Å². The van der Waals surface area contributed by atoms with Gasteiger partial charge in [-0.3, -0.25) is 0 Å². The van der Waals surface area contributed by atoms with E-state index >= 15 is 0 Å². The van der Waals surface area contributed by atoms with Crippen LogP contribution in [0.25, 0.3) is 11.3 Å². The third kappa shape index (κ3) is 3.63. The van der Waals surface area contributed by atoms with Crippen molar-refractivity contribution in [1.82, 2.24) is 19.1 Å². The highest BCUT2D eigenvalue weighted by molar-refractivity contribution is 5.85. The van der Waals surface area contributed by atoms with Crippen molar-refractivity contribution in [1.29, 1.82) is 0 Å². The number of aromatic nitrogens is 4. The Morgan fingerprint density at radius 3 is 2.81 bits per heavy atom. The number of fused-ring (bicyclic) bond motifs is 1. The molecule has 0 atom stereocenters. The summed E-state index contributed by atoms with van der Waals surface area (Å²) in [6.07, 6.45) is 11.3. The molecule has 3 aromatic rings. The Balaban J connectivity index is 0.00000196. The second kappa shape index (κ2) is 7.96. The molecule has 0 radical (unpaired) electrons. The van der Waals surface area contributed by atoms with Crippen LogP contribution in [-0.4, -0.2) is 32.7 Å². The second-order valence-electron chi connectivity index (χ2n) is 6.86. The first kappa shape index (κ1) is 18.5. The van der Waals surface area contributed by atoms with Crippen LogP contribution in [0, 0.1) is 6.92 Å². The van der Waals surface area contributed by atoms with Crippen molar-refractivity contribution in [2.45, 2.75) is 39.3 Å². The lowest BCUT2D eigenvalue weighted by molar-refractivity contribution is 0.557. The fourth-order valence-electron chi connectivity index (χ4n) is 3.74. The molecule has 3 heterocycles. The third-order valence-electron chi connectivity index (χ3n) is 5.16. The third-order valence-corrected chi connectivity index (χ3v) is 5.16. The molecule has 4 rings (SSSR count). The predicted molar refractivity (Wildman–Crippen MR) is 108 cm³/mol. The highest BCUT2D eigenvalue weighted by Crippen LogP contribution is 2.30. The maximum absolute atomic E-state index is 4.39. The van der Waals surface area contributed by atoms with E-state index in [-0.39, 0.29) is 12.4 Å². The van der Waals surface area contributed by atoms with Gasteiger partial charge in [0.25, 0.3) is 0 Å². The summed E-state index contributed by atoms with van der Waals surface area (Å²) in [5, 5.41) is 0. The smallest absolute Gasteiger partial charge is 0.105 e. The van der Waals surface area contributed by atoms with E-state index in [1.54, 1.807) is 0 Å². The first-order chi connectivity index (χ1) is 12.2. The molecule has 5 nitrogen and oxygen atoms in total. The highest BCUT2D eigenvalue weighted by Gasteiger charge is 2.15. The Morgan fingerprint density at radius 2 is 2.00 bits per heavy atom. The fourth-order valence-corrected chi connectivity index (χ4v) is 3.74. The molecule has 0 fully saturated rings. The molecule has 0 N–H and O–H groups in total. The molecule has 0 bridgehead atoms. The molecule has 2 aromatic heterocycles. The molecule has 6 heteroatoms. The minimum atomic E-state index is 0. The van der Waals surface area contributed by atoms with Gasteiger partial charge in [-0.15, -0.1) is 12.4 Å². The SMILES string of the molecule is Cc1nccn1CCCn1cncc1-c1ccc2c(c1)CCCN2C.Cl. The van der Waals surface area contributed by atoms with Crippen LogP contribution in [-0.2, 0) is 19.5 Å². The quantitative estimate of drug-likeness (QED) is 0.681. The normalized spacial score (nSPS) is 13.4. The van der Waals surface area contributed by atoms with E-state index < -0.39 is 0 Å². The van der Waals surface area contributed by atoms with E-state index in [1.807, 2.05) is 31.8 Å². The number of imidazole rings is 2. The van der Waals surface area contributed by atoms with Crippen LogP contribution in [0.1, 0.15) is 24.2 Å². The van der Waals surface area contributed by atoms with Crippen LogP contribution in [0.3, 0.4) is 0 Å². The lowest BCUT2D eigenvalue weighted by Gasteiger charge is -2.27. The van der Waals surface area contributed by atoms with Gasteiger partial charge in [0.1, 0.15) is 5.82 Å². The summed E-state index contributed by atoms with van der Waals surface area (Å²) in [4.78, 5) is 11.0.